The topological polar surface area (TPSA) is 27.2 Å². The van der Waals surface area contributed by atoms with Crippen LogP contribution < -0.4 is 0 Å². The van der Waals surface area contributed by atoms with Crippen LogP contribution in [0.15, 0.2) is 158 Å². The van der Waals surface area contributed by atoms with Gasteiger partial charge in [0.1, 0.15) is 5.65 Å². The third-order valence-electron chi connectivity index (χ3n) is 10.8. The van der Waals surface area contributed by atoms with Gasteiger partial charge in [-0.15, -0.1) is 0 Å². The molecule has 0 aliphatic heterocycles. The van der Waals surface area contributed by atoms with Gasteiger partial charge in [-0.1, -0.05) is 103 Å². The minimum Gasteiger partial charge on any atom is -0.308 e. The van der Waals surface area contributed by atoms with Gasteiger partial charge >= 0.3 is 0 Å². The Morgan fingerprint density at radius 1 is 0.367 bits per heavy atom. The first-order chi connectivity index (χ1) is 24.3. The molecule has 0 aliphatic rings. The molecule has 49 heavy (non-hydrogen) atoms. The zero-order valence-corrected chi connectivity index (χ0v) is 26.3. The van der Waals surface area contributed by atoms with Crippen LogP contribution in [-0.2, 0) is 0 Å². The van der Waals surface area contributed by atoms with E-state index in [2.05, 4.69) is 171 Å². The molecule has 4 nitrogen and oxygen atoms in total. The minimum atomic E-state index is 0.960. The second kappa shape index (κ2) is 9.03. The van der Waals surface area contributed by atoms with Crippen molar-refractivity contribution in [3.8, 4) is 11.4 Å². The maximum absolute atomic E-state index is 5.23. The van der Waals surface area contributed by atoms with E-state index in [4.69, 9.17) is 4.98 Å². The number of hydrogen-bond donors (Lipinski definition) is 0. The van der Waals surface area contributed by atoms with Crippen LogP contribution in [0.25, 0.3) is 104 Å². The van der Waals surface area contributed by atoms with Gasteiger partial charge in [0.15, 0.2) is 0 Å². The molecule has 0 N–H and O–H groups in total. The van der Waals surface area contributed by atoms with Crippen molar-refractivity contribution in [3.63, 3.8) is 0 Å². The zero-order valence-electron chi connectivity index (χ0n) is 26.3. The van der Waals surface area contributed by atoms with Gasteiger partial charge in [-0.3, -0.25) is 4.57 Å². The van der Waals surface area contributed by atoms with Crippen molar-refractivity contribution >= 4 is 92.6 Å². The molecule has 0 fully saturated rings. The van der Waals surface area contributed by atoms with Gasteiger partial charge in [0.2, 0.25) is 0 Å². The third-order valence-corrected chi connectivity index (χ3v) is 10.8. The van der Waals surface area contributed by atoms with Crippen molar-refractivity contribution in [1.82, 2.24) is 18.5 Å². The largest absolute Gasteiger partial charge is 0.308 e. The molecule has 12 rings (SSSR count). The molecule has 0 saturated carbocycles. The standard InChI is InChI=1S/C45H26N4/c1-2-13-28(14-3-1)48-36-19-9-7-17-32(36)35-24-29(26-46-45(35)48)47-38-21-11-8-18-33(38)42-40(47)25-34-31-16-6-10-20-37(31)49-39-23-22-27-12-4-5-15-30(27)41(39)43(42)44(34)49/h1-26H. The highest BCUT2D eigenvalue weighted by atomic mass is 15.1. The van der Waals surface area contributed by atoms with Gasteiger partial charge in [-0.05, 0) is 59.3 Å². The summed E-state index contributed by atoms with van der Waals surface area (Å²) in [7, 11) is 0. The monoisotopic (exact) mass is 622 g/mol. The predicted octanol–water partition coefficient (Wildman–Crippen LogP) is 11.6. The molecule has 226 valence electrons. The number of aromatic nitrogens is 4. The molecule has 0 unspecified atom stereocenters. The Kier molecular flexibility index (Phi) is 4.69. The number of benzene rings is 7. The second-order valence-electron chi connectivity index (χ2n) is 13.2. The van der Waals surface area contributed by atoms with Crippen LogP contribution in [0.5, 0.6) is 0 Å². The molecule has 0 radical (unpaired) electrons. The first-order valence-electron chi connectivity index (χ1n) is 16.8. The van der Waals surface area contributed by atoms with Gasteiger partial charge in [0, 0.05) is 48.8 Å². The molecule has 5 heterocycles. The molecule has 5 aromatic heterocycles. The lowest BCUT2D eigenvalue weighted by Gasteiger charge is -2.10. The number of fused-ring (bicyclic) bond motifs is 15. The van der Waals surface area contributed by atoms with Crippen LogP contribution in [0.1, 0.15) is 0 Å². The van der Waals surface area contributed by atoms with E-state index in [-0.39, 0.29) is 0 Å². The van der Waals surface area contributed by atoms with Crippen molar-refractivity contribution in [1.29, 1.82) is 0 Å². The quantitative estimate of drug-likeness (QED) is 0.188. The number of hydrogen-bond acceptors (Lipinski definition) is 1. The fourth-order valence-electron chi connectivity index (χ4n) is 8.85. The lowest BCUT2D eigenvalue weighted by atomic mass is 9.98. The highest BCUT2D eigenvalue weighted by molar-refractivity contribution is 6.38. The zero-order chi connectivity index (χ0) is 31.8. The first kappa shape index (κ1) is 25.4. The highest BCUT2D eigenvalue weighted by Gasteiger charge is 2.25. The third kappa shape index (κ3) is 3.12. The van der Waals surface area contributed by atoms with Gasteiger partial charge in [-0.25, -0.2) is 4.98 Å². The molecule has 0 amide bonds. The minimum absolute atomic E-state index is 0.960. The van der Waals surface area contributed by atoms with Crippen molar-refractivity contribution < 1.29 is 0 Å². The predicted molar refractivity (Wildman–Crippen MR) is 205 cm³/mol. The summed E-state index contributed by atoms with van der Waals surface area (Å²) in [5, 5.41) is 12.6. The first-order valence-corrected chi connectivity index (χ1v) is 16.8. The number of pyridine rings is 1. The van der Waals surface area contributed by atoms with E-state index in [1.54, 1.807) is 0 Å². The molecule has 0 aliphatic carbocycles. The smallest absolute Gasteiger partial charge is 0.145 e. The van der Waals surface area contributed by atoms with E-state index in [1.165, 1.54) is 76.1 Å². The Labute approximate surface area is 279 Å². The summed E-state index contributed by atoms with van der Waals surface area (Å²) in [5.74, 6) is 0. The molecule has 0 spiro atoms. The van der Waals surface area contributed by atoms with Crippen LogP contribution in [-0.4, -0.2) is 18.5 Å². The maximum atomic E-state index is 5.23. The summed E-state index contributed by atoms with van der Waals surface area (Å²) in [6.45, 7) is 0. The molecule has 0 saturated heterocycles. The fraction of sp³-hybridized carbons (Fsp3) is 0. The molecule has 12 aromatic rings. The number of rotatable bonds is 2. The van der Waals surface area contributed by atoms with Crippen molar-refractivity contribution in [2.75, 3.05) is 0 Å². The van der Waals surface area contributed by atoms with Gasteiger partial charge in [-0.2, -0.15) is 0 Å². The summed E-state index contributed by atoms with van der Waals surface area (Å²) in [6, 6.07) is 55.1. The Bertz CT molecular complexity index is 3320. The van der Waals surface area contributed by atoms with Crippen LogP contribution >= 0.6 is 0 Å². The average Bonchev–Trinajstić information content (AvgIpc) is 3.88. The van der Waals surface area contributed by atoms with Crippen LogP contribution in [0.3, 0.4) is 0 Å². The van der Waals surface area contributed by atoms with Crippen LogP contribution in [0, 0.1) is 0 Å². The van der Waals surface area contributed by atoms with Gasteiger partial charge in [0.25, 0.3) is 0 Å². The lowest BCUT2D eigenvalue weighted by molar-refractivity contribution is 1.11. The summed E-state index contributed by atoms with van der Waals surface area (Å²) in [6.07, 6.45) is 2.06. The SMILES string of the molecule is c1ccc(-n2c3ccccc3c3cc(-n4c5ccccc5c5c6c7c8ccccc8ccc7n7c8ccccc8c(cc54)c67)cnc32)cc1. The summed E-state index contributed by atoms with van der Waals surface area (Å²) >= 11 is 0. The van der Waals surface area contributed by atoms with Crippen molar-refractivity contribution in [3.05, 3.63) is 158 Å². The molecule has 0 bridgehead atoms. The maximum Gasteiger partial charge on any atom is 0.145 e. The Morgan fingerprint density at radius 2 is 1.00 bits per heavy atom. The van der Waals surface area contributed by atoms with E-state index in [1.807, 2.05) is 0 Å². The van der Waals surface area contributed by atoms with Gasteiger partial charge in [0.05, 0.1) is 45.0 Å². The second-order valence-corrected chi connectivity index (χ2v) is 13.2. The van der Waals surface area contributed by atoms with Crippen LogP contribution in [0.2, 0.25) is 0 Å². The fourth-order valence-corrected chi connectivity index (χ4v) is 8.85. The summed E-state index contributed by atoms with van der Waals surface area (Å²) < 4.78 is 7.22. The van der Waals surface area contributed by atoms with Crippen LogP contribution in [0.4, 0.5) is 0 Å². The van der Waals surface area contributed by atoms with Crippen molar-refractivity contribution in [2.45, 2.75) is 0 Å². The average molecular weight is 623 g/mol. The highest BCUT2D eigenvalue weighted by Crippen LogP contribution is 2.48. The lowest BCUT2D eigenvalue weighted by Crippen LogP contribution is -1.98. The Balaban J connectivity index is 1.29. The molecule has 4 heteroatoms. The van der Waals surface area contributed by atoms with Gasteiger partial charge < -0.3 is 8.97 Å². The van der Waals surface area contributed by atoms with E-state index in [0.29, 0.717) is 0 Å². The summed E-state index contributed by atoms with van der Waals surface area (Å²) in [4.78, 5) is 5.23. The molecular formula is C45H26N4. The Morgan fingerprint density at radius 3 is 1.82 bits per heavy atom. The van der Waals surface area contributed by atoms with E-state index >= 15 is 0 Å². The number of para-hydroxylation sites is 4. The molecular weight excluding hydrogens is 597 g/mol. The van der Waals surface area contributed by atoms with E-state index in [0.717, 1.165) is 27.9 Å². The number of nitrogens with zero attached hydrogens (tertiary/aromatic N) is 4. The van der Waals surface area contributed by atoms with E-state index in [9.17, 15) is 0 Å². The van der Waals surface area contributed by atoms with Crippen molar-refractivity contribution in [2.24, 2.45) is 0 Å². The summed E-state index contributed by atoms with van der Waals surface area (Å²) in [5.41, 5.74) is 10.4. The molecule has 7 aromatic carbocycles. The Hall–Kier alpha value is -6.65. The van der Waals surface area contributed by atoms with E-state index < -0.39 is 0 Å². The normalized spacial score (nSPS) is 12.5. The molecule has 0 atom stereocenters.